The molecule has 0 radical (unpaired) electrons. The minimum absolute atomic E-state index is 0.101. The van der Waals surface area contributed by atoms with Crippen molar-refractivity contribution in [3.05, 3.63) is 22.2 Å². The maximum absolute atomic E-state index is 13.8. The lowest BCUT2D eigenvalue weighted by Gasteiger charge is -2.23. The van der Waals surface area contributed by atoms with Gasteiger partial charge in [-0.1, -0.05) is 15.9 Å². The van der Waals surface area contributed by atoms with Crippen molar-refractivity contribution in [3.63, 3.8) is 0 Å². The predicted octanol–water partition coefficient (Wildman–Crippen LogP) is 2.53. The van der Waals surface area contributed by atoms with Crippen molar-refractivity contribution >= 4 is 15.9 Å². The van der Waals surface area contributed by atoms with E-state index in [1.165, 1.54) is 19.2 Å². The first kappa shape index (κ1) is 12.6. The summed E-state index contributed by atoms with van der Waals surface area (Å²) < 4.78 is 38.5. The van der Waals surface area contributed by atoms with E-state index < -0.39 is 12.5 Å². The molecule has 94 valence electrons. The molecule has 1 aromatic carbocycles. The number of hydrogen-bond acceptors (Lipinski definition) is 3. The summed E-state index contributed by atoms with van der Waals surface area (Å²) in [6.07, 6.45) is 0. The smallest absolute Gasteiger partial charge is 0.286 e. The maximum atomic E-state index is 13.8. The van der Waals surface area contributed by atoms with Gasteiger partial charge in [-0.25, -0.2) is 0 Å². The highest BCUT2D eigenvalue weighted by Crippen LogP contribution is 2.41. The van der Waals surface area contributed by atoms with E-state index in [4.69, 9.17) is 9.47 Å². The molecule has 0 aliphatic carbocycles. The zero-order chi connectivity index (χ0) is 12.5. The van der Waals surface area contributed by atoms with Crippen molar-refractivity contribution < 1.29 is 18.3 Å². The first-order valence-corrected chi connectivity index (χ1v) is 5.96. The van der Waals surface area contributed by atoms with Gasteiger partial charge in [0.05, 0.1) is 6.54 Å². The van der Waals surface area contributed by atoms with E-state index in [2.05, 4.69) is 21.2 Å². The SMILES string of the molecule is CNCC(F)(F)c1cc2c(cc1Br)OCCO2. The minimum Gasteiger partial charge on any atom is -0.486 e. The van der Waals surface area contributed by atoms with Crippen molar-refractivity contribution in [2.75, 3.05) is 26.8 Å². The van der Waals surface area contributed by atoms with Crippen LogP contribution in [0.3, 0.4) is 0 Å². The van der Waals surface area contributed by atoms with Gasteiger partial charge in [0.15, 0.2) is 11.5 Å². The lowest BCUT2D eigenvalue weighted by molar-refractivity contribution is -0.00246. The molecule has 0 unspecified atom stereocenters. The van der Waals surface area contributed by atoms with Crippen LogP contribution >= 0.6 is 15.9 Å². The molecule has 0 spiro atoms. The summed E-state index contributed by atoms with van der Waals surface area (Å²) in [5, 5.41) is 2.47. The van der Waals surface area contributed by atoms with Gasteiger partial charge in [0, 0.05) is 10.0 Å². The normalized spacial score (nSPS) is 14.8. The summed E-state index contributed by atoms with van der Waals surface area (Å²) in [6, 6.07) is 2.85. The zero-order valence-corrected chi connectivity index (χ0v) is 10.8. The quantitative estimate of drug-likeness (QED) is 0.931. The summed E-state index contributed by atoms with van der Waals surface area (Å²) in [6.45, 7) is 0.391. The second-order valence-electron chi connectivity index (χ2n) is 3.71. The monoisotopic (exact) mass is 307 g/mol. The van der Waals surface area contributed by atoms with Crippen molar-refractivity contribution in [3.8, 4) is 11.5 Å². The fourth-order valence-corrected chi connectivity index (χ4v) is 2.27. The summed E-state index contributed by atoms with van der Waals surface area (Å²) >= 11 is 3.14. The molecule has 0 saturated carbocycles. The Labute approximate surface area is 106 Å². The molecule has 0 fully saturated rings. The van der Waals surface area contributed by atoms with Gasteiger partial charge in [-0.3, -0.25) is 0 Å². The number of hydrogen-bond donors (Lipinski definition) is 1. The molecule has 0 atom stereocenters. The molecule has 2 rings (SSSR count). The number of fused-ring (bicyclic) bond motifs is 1. The highest BCUT2D eigenvalue weighted by atomic mass is 79.9. The van der Waals surface area contributed by atoms with E-state index in [-0.39, 0.29) is 5.56 Å². The molecule has 1 N–H and O–H groups in total. The second-order valence-corrected chi connectivity index (χ2v) is 4.56. The van der Waals surface area contributed by atoms with Gasteiger partial charge in [0.1, 0.15) is 13.2 Å². The Morgan fingerprint density at radius 1 is 1.29 bits per heavy atom. The Hall–Kier alpha value is -0.880. The van der Waals surface area contributed by atoms with Crippen LogP contribution in [0.4, 0.5) is 8.78 Å². The first-order valence-electron chi connectivity index (χ1n) is 5.16. The van der Waals surface area contributed by atoms with Gasteiger partial charge in [-0.05, 0) is 19.2 Å². The largest absolute Gasteiger partial charge is 0.486 e. The molecule has 0 aromatic heterocycles. The Balaban J connectivity index is 2.41. The molecule has 1 aliphatic heterocycles. The summed E-state index contributed by atoms with van der Waals surface area (Å²) in [5.74, 6) is -2.10. The number of halogens is 3. The maximum Gasteiger partial charge on any atom is 0.286 e. The summed E-state index contributed by atoms with van der Waals surface area (Å²) in [7, 11) is 1.49. The summed E-state index contributed by atoms with van der Waals surface area (Å²) in [4.78, 5) is 0. The fraction of sp³-hybridized carbons (Fsp3) is 0.455. The molecular weight excluding hydrogens is 296 g/mol. The van der Waals surface area contributed by atoms with Crippen LogP contribution in [0.1, 0.15) is 5.56 Å². The summed E-state index contributed by atoms with van der Waals surface area (Å²) in [5.41, 5.74) is -0.101. The lowest BCUT2D eigenvalue weighted by atomic mass is 10.1. The Bertz CT molecular complexity index is 426. The van der Waals surface area contributed by atoms with E-state index in [9.17, 15) is 8.78 Å². The number of likely N-dealkylation sites (N-methyl/N-ethyl adjacent to an activating group) is 1. The van der Waals surface area contributed by atoms with Crippen LogP contribution in [0.25, 0.3) is 0 Å². The minimum atomic E-state index is -2.95. The van der Waals surface area contributed by atoms with Crippen LogP contribution in [0.5, 0.6) is 11.5 Å². The van der Waals surface area contributed by atoms with Crippen molar-refractivity contribution in [2.45, 2.75) is 5.92 Å². The van der Waals surface area contributed by atoms with Gasteiger partial charge in [-0.2, -0.15) is 8.78 Å². The molecule has 1 aliphatic rings. The Morgan fingerprint density at radius 2 is 1.88 bits per heavy atom. The van der Waals surface area contributed by atoms with Crippen molar-refractivity contribution in [1.82, 2.24) is 5.32 Å². The van der Waals surface area contributed by atoms with E-state index >= 15 is 0 Å². The highest BCUT2D eigenvalue weighted by molar-refractivity contribution is 9.10. The van der Waals surface area contributed by atoms with E-state index in [1.807, 2.05) is 0 Å². The molecule has 0 saturated heterocycles. The zero-order valence-electron chi connectivity index (χ0n) is 9.23. The van der Waals surface area contributed by atoms with Gasteiger partial charge in [0.2, 0.25) is 0 Å². The van der Waals surface area contributed by atoms with Crippen LogP contribution in [0, 0.1) is 0 Å². The molecule has 1 aromatic rings. The van der Waals surface area contributed by atoms with Gasteiger partial charge in [0.25, 0.3) is 5.92 Å². The van der Waals surface area contributed by atoms with Crippen molar-refractivity contribution in [2.24, 2.45) is 0 Å². The number of nitrogens with one attached hydrogen (secondary N) is 1. The molecular formula is C11H12BrF2NO2. The molecule has 3 nitrogen and oxygen atoms in total. The van der Waals surface area contributed by atoms with E-state index in [0.29, 0.717) is 29.2 Å². The van der Waals surface area contributed by atoms with Crippen LogP contribution in [0.2, 0.25) is 0 Å². The number of rotatable bonds is 3. The van der Waals surface area contributed by atoms with Crippen molar-refractivity contribution in [1.29, 1.82) is 0 Å². The van der Waals surface area contributed by atoms with Crippen LogP contribution in [-0.4, -0.2) is 26.8 Å². The second kappa shape index (κ2) is 4.78. The standard InChI is InChI=1S/C11H12BrF2NO2/c1-15-6-11(13,14)7-4-9-10(5-8(7)12)17-3-2-16-9/h4-5,15H,2-3,6H2,1H3. The van der Waals surface area contributed by atoms with E-state index in [0.717, 1.165) is 0 Å². The van der Waals surface area contributed by atoms with Gasteiger partial charge < -0.3 is 14.8 Å². The molecule has 1 heterocycles. The van der Waals surface area contributed by atoms with Gasteiger partial charge >= 0.3 is 0 Å². The Kier molecular flexibility index (Phi) is 3.53. The van der Waals surface area contributed by atoms with E-state index in [1.54, 1.807) is 0 Å². The molecule has 0 bridgehead atoms. The molecule has 6 heteroatoms. The number of benzene rings is 1. The third kappa shape index (κ3) is 2.52. The van der Waals surface area contributed by atoms with Crippen LogP contribution in [0.15, 0.2) is 16.6 Å². The topological polar surface area (TPSA) is 30.5 Å². The third-order valence-electron chi connectivity index (χ3n) is 2.42. The predicted molar refractivity (Wildman–Crippen MR) is 63.0 cm³/mol. The van der Waals surface area contributed by atoms with Gasteiger partial charge in [-0.15, -0.1) is 0 Å². The third-order valence-corrected chi connectivity index (χ3v) is 3.08. The fourth-order valence-electron chi connectivity index (χ4n) is 1.66. The first-order chi connectivity index (χ1) is 8.04. The number of ether oxygens (including phenoxy) is 2. The molecule has 0 amide bonds. The Morgan fingerprint density at radius 3 is 2.47 bits per heavy atom. The van der Waals surface area contributed by atoms with Crippen LogP contribution < -0.4 is 14.8 Å². The highest BCUT2D eigenvalue weighted by Gasteiger charge is 2.34. The van der Waals surface area contributed by atoms with Crippen LogP contribution in [-0.2, 0) is 5.92 Å². The number of alkyl halides is 2. The lowest BCUT2D eigenvalue weighted by Crippen LogP contribution is -2.28. The average molecular weight is 308 g/mol. The average Bonchev–Trinajstić information content (AvgIpc) is 2.27. The molecule has 17 heavy (non-hydrogen) atoms.